The summed E-state index contributed by atoms with van der Waals surface area (Å²) in [4.78, 5) is 12.2. The molecule has 0 bridgehead atoms. The molecule has 0 heterocycles. The predicted octanol–water partition coefficient (Wildman–Crippen LogP) is 3.40. The van der Waals surface area contributed by atoms with Gasteiger partial charge in [0.05, 0.1) is 12.2 Å². The van der Waals surface area contributed by atoms with Crippen molar-refractivity contribution in [3.05, 3.63) is 29.8 Å². The highest BCUT2D eigenvalue weighted by molar-refractivity contribution is 5.92. The standard InChI is InChI=1S/C18H26N2O/c1-14(13-18(2,3)4)12-17(21)20-16-10-6-5-8-15(16)9-7-11-19/h5-6,8,10,14H,11-13,19H2,1-4H3,(H,20,21). The number of anilines is 1. The summed E-state index contributed by atoms with van der Waals surface area (Å²) in [6.45, 7) is 9.01. The van der Waals surface area contributed by atoms with Gasteiger partial charge in [0, 0.05) is 12.0 Å². The number of carbonyl (C=O) groups is 1. The van der Waals surface area contributed by atoms with Gasteiger partial charge in [0.1, 0.15) is 0 Å². The number of nitrogens with one attached hydrogen (secondary N) is 1. The van der Waals surface area contributed by atoms with Gasteiger partial charge in [-0.25, -0.2) is 0 Å². The van der Waals surface area contributed by atoms with E-state index >= 15 is 0 Å². The quantitative estimate of drug-likeness (QED) is 0.834. The predicted molar refractivity (Wildman–Crippen MR) is 88.9 cm³/mol. The maximum Gasteiger partial charge on any atom is 0.224 e. The Morgan fingerprint density at radius 2 is 2.00 bits per heavy atom. The Morgan fingerprint density at radius 1 is 1.33 bits per heavy atom. The number of benzene rings is 1. The molecule has 0 aliphatic carbocycles. The highest BCUT2D eigenvalue weighted by Crippen LogP contribution is 2.26. The van der Waals surface area contributed by atoms with Crippen LogP contribution in [0.5, 0.6) is 0 Å². The number of rotatable bonds is 4. The zero-order chi connectivity index (χ0) is 15.9. The van der Waals surface area contributed by atoms with Crippen LogP contribution in [-0.2, 0) is 4.79 Å². The van der Waals surface area contributed by atoms with E-state index in [0.717, 1.165) is 17.7 Å². The normalized spacial score (nSPS) is 12.2. The van der Waals surface area contributed by atoms with Gasteiger partial charge in [-0.05, 0) is 29.9 Å². The Hall–Kier alpha value is -1.79. The van der Waals surface area contributed by atoms with E-state index in [4.69, 9.17) is 5.73 Å². The first kappa shape index (κ1) is 17.3. The number of para-hydroxylation sites is 1. The summed E-state index contributed by atoms with van der Waals surface area (Å²) in [5.41, 5.74) is 7.19. The van der Waals surface area contributed by atoms with Gasteiger partial charge < -0.3 is 11.1 Å². The van der Waals surface area contributed by atoms with E-state index in [-0.39, 0.29) is 11.3 Å². The average Bonchev–Trinajstić information content (AvgIpc) is 2.35. The molecule has 1 atom stereocenters. The van der Waals surface area contributed by atoms with Crippen LogP contribution in [0.15, 0.2) is 24.3 Å². The molecule has 0 fully saturated rings. The van der Waals surface area contributed by atoms with E-state index in [1.165, 1.54) is 0 Å². The lowest BCUT2D eigenvalue weighted by molar-refractivity contribution is -0.117. The molecular weight excluding hydrogens is 260 g/mol. The number of amides is 1. The van der Waals surface area contributed by atoms with Crippen molar-refractivity contribution in [1.82, 2.24) is 0 Å². The van der Waals surface area contributed by atoms with Gasteiger partial charge in [0.25, 0.3) is 0 Å². The van der Waals surface area contributed by atoms with Crippen molar-refractivity contribution in [3.8, 4) is 11.8 Å². The number of nitrogens with two attached hydrogens (primary N) is 1. The molecule has 0 aromatic heterocycles. The second-order valence-electron chi connectivity index (χ2n) is 6.67. The van der Waals surface area contributed by atoms with E-state index in [9.17, 15) is 4.79 Å². The van der Waals surface area contributed by atoms with Crippen LogP contribution in [-0.4, -0.2) is 12.5 Å². The number of carbonyl (C=O) groups excluding carboxylic acids is 1. The Labute approximate surface area is 128 Å². The third-order valence-corrected chi connectivity index (χ3v) is 3.02. The molecule has 1 aromatic rings. The first-order valence-corrected chi connectivity index (χ1v) is 7.39. The summed E-state index contributed by atoms with van der Waals surface area (Å²) >= 11 is 0. The number of hydrogen-bond donors (Lipinski definition) is 2. The Bertz CT molecular complexity index is 532. The summed E-state index contributed by atoms with van der Waals surface area (Å²) in [6, 6.07) is 7.55. The zero-order valence-electron chi connectivity index (χ0n) is 13.5. The van der Waals surface area contributed by atoms with Gasteiger partial charge in [0.2, 0.25) is 5.91 Å². The van der Waals surface area contributed by atoms with Gasteiger partial charge in [-0.1, -0.05) is 51.7 Å². The lowest BCUT2D eigenvalue weighted by Crippen LogP contribution is -2.19. The maximum atomic E-state index is 12.2. The van der Waals surface area contributed by atoms with E-state index in [2.05, 4.69) is 44.9 Å². The lowest BCUT2D eigenvalue weighted by Gasteiger charge is -2.22. The fourth-order valence-corrected chi connectivity index (χ4v) is 2.48. The molecule has 0 aliphatic rings. The highest BCUT2D eigenvalue weighted by Gasteiger charge is 2.18. The molecule has 3 N–H and O–H groups in total. The van der Waals surface area contributed by atoms with Crippen LogP contribution in [0.25, 0.3) is 0 Å². The van der Waals surface area contributed by atoms with E-state index in [0.29, 0.717) is 18.9 Å². The third kappa shape index (κ3) is 6.97. The second-order valence-corrected chi connectivity index (χ2v) is 6.67. The minimum atomic E-state index is 0.0359. The molecule has 0 spiro atoms. The average molecular weight is 286 g/mol. The highest BCUT2D eigenvalue weighted by atomic mass is 16.1. The summed E-state index contributed by atoms with van der Waals surface area (Å²) in [5, 5.41) is 2.95. The van der Waals surface area contributed by atoms with Crippen LogP contribution in [0.3, 0.4) is 0 Å². The minimum Gasteiger partial charge on any atom is -0.325 e. The maximum absolute atomic E-state index is 12.2. The molecule has 0 radical (unpaired) electrons. The topological polar surface area (TPSA) is 55.1 Å². The first-order chi connectivity index (χ1) is 9.81. The fraction of sp³-hybridized carbons (Fsp3) is 0.500. The van der Waals surface area contributed by atoms with Gasteiger partial charge in [0.15, 0.2) is 0 Å². The zero-order valence-corrected chi connectivity index (χ0v) is 13.5. The summed E-state index contributed by atoms with van der Waals surface area (Å²) in [5.74, 6) is 6.19. The molecule has 1 amide bonds. The molecule has 21 heavy (non-hydrogen) atoms. The van der Waals surface area contributed by atoms with Gasteiger partial charge in [-0.15, -0.1) is 0 Å². The summed E-state index contributed by atoms with van der Waals surface area (Å²) < 4.78 is 0. The summed E-state index contributed by atoms with van der Waals surface area (Å²) in [6.07, 6.45) is 1.55. The van der Waals surface area contributed by atoms with E-state index in [1.54, 1.807) is 0 Å². The van der Waals surface area contributed by atoms with Crippen molar-refractivity contribution in [2.24, 2.45) is 17.1 Å². The van der Waals surface area contributed by atoms with Crippen molar-refractivity contribution >= 4 is 11.6 Å². The van der Waals surface area contributed by atoms with Gasteiger partial charge in [-0.3, -0.25) is 4.79 Å². The minimum absolute atomic E-state index is 0.0359. The van der Waals surface area contributed by atoms with Crippen LogP contribution in [0.1, 0.15) is 46.1 Å². The molecule has 114 valence electrons. The first-order valence-electron chi connectivity index (χ1n) is 7.39. The van der Waals surface area contributed by atoms with Crippen molar-refractivity contribution in [1.29, 1.82) is 0 Å². The van der Waals surface area contributed by atoms with Crippen LogP contribution >= 0.6 is 0 Å². The van der Waals surface area contributed by atoms with Crippen LogP contribution in [0.4, 0.5) is 5.69 Å². The van der Waals surface area contributed by atoms with Crippen LogP contribution < -0.4 is 11.1 Å². The van der Waals surface area contributed by atoms with Gasteiger partial charge >= 0.3 is 0 Å². The molecule has 0 aliphatic heterocycles. The molecule has 0 saturated heterocycles. The molecule has 1 rings (SSSR count). The van der Waals surface area contributed by atoms with Crippen molar-refractivity contribution in [2.75, 3.05) is 11.9 Å². The smallest absolute Gasteiger partial charge is 0.224 e. The molecule has 3 heteroatoms. The second kappa shape index (κ2) is 7.85. The van der Waals surface area contributed by atoms with Crippen LogP contribution in [0.2, 0.25) is 0 Å². The largest absolute Gasteiger partial charge is 0.325 e. The van der Waals surface area contributed by atoms with Crippen molar-refractivity contribution in [3.63, 3.8) is 0 Å². The van der Waals surface area contributed by atoms with E-state index < -0.39 is 0 Å². The molecule has 1 aromatic carbocycles. The Morgan fingerprint density at radius 3 is 2.62 bits per heavy atom. The molecular formula is C18H26N2O. The van der Waals surface area contributed by atoms with E-state index in [1.807, 2.05) is 24.3 Å². The third-order valence-electron chi connectivity index (χ3n) is 3.02. The Kier molecular flexibility index (Phi) is 6.45. The SMILES string of the molecule is CC(CC(=O)Nc1ccccc1C#CCN)CC(C)(C)C. The summed E-state index contributed by atoms with van der Waals surface area (Å²) in [7, 11) is 0. The molecule has 1 unspecified atom stereocenters. The van der Waals surface area contributed by atoms with Crippen LogP contribution in [0, 0.1) is 23.2 Å². The van der Waals surface area contributed by atoms with Gasteiger partial charge in [-0.2, -0.15) is 0 Å². The lowest BCUT2D eigenvalue weighted by atomic mass is 9.84. The van der Waals surface area contributed by atoms with Crippen molar-refractivity contribution in [2.45, 2.75) is 40.5 Å². The molecule has 3 nitrogen and oxygen atoms in total. The van der Waals surface area contributed by atoms with Crippen molar-refractivity contribution < 1.29 is 4.79 Å². The Balaban J connectivity index is 2.67. The monoisotopic (exact) mass is 286 g/mol. The molecule has 0 saturated carbocycles. The number of hydrogen-bond acceptors (Lipinski definition) is 2. The fourth-order valence-electron chi connectivity index (χ4n) is 2.48.